The molecule has 0 aliphatic rings. The van der Waals surface area contributed by atoms with Crippen LogP contribution in [0.1, 0.15) is 9.67 Å². The highest BCUT2D eigenvalue weighted by molar-refractivity contribution is 9.10. The van der Waals surface area contributed by atoms with E-state index in [1.54, 1.807) is 11.4 Å². The van der Waals surface area contributed by atoms with Crippen molar-refractivity contribution in [1.82, 2.24) is 0 Å². The van der Waals surface area contributed by atoms with Crippen LogP contribution in [0.5, 0.6) is 5.75 Å². The second-order valence-corrected chi connectivity index (χ2v) is 5.28. The van der Waals surface area contributed by atoms with Crippen LogP contribution < -0.4 is 5.32 Å². The smallest absolute Gasteiger partial charge is 0.296 e. The monoisotopic (exact) mass is 342 g/mol. The molecule has 19 heavy (non-hydrogen) atoms. The van der Waals surface area contributed by atoms with Gasteiger partial charge in [0.1, 0.15) is 16.3 Å². The van der Waals surface area contributed by atoms with Gasteiger partial charge in [0.25, 0.3) is 11.6 Å². The maximum Gasteiger partial charge on any atom is 0.296 e. The molecule has 1 amide bonds. The minimum Gasteiger partial charge on any atom is -0.508 e. The topological polar surface area (TPSA) is 92.5 Å². The zero-order valence-corrected chi connectivity index (χ0v) is 11.7. The number of halogens is 1. The molecule has 0 atom stereocenters. The lowest BCUT2D eigenvalue weighted by Gasteiger charge is -2.05. The van der Waals surface area contributed by atoms with Crippen LogP contribution in [0.25, 0.3) is 0 Å². The largest absolute Gasteiger partial charge is 0.508 e. The predicted octanol–water partition coefficient (Wildman–Crippen LogP) is 3.38. The van der Waals surface area contributed by atoms with Crippen LogP contribution in [-0.4, -0.2) is 15.9 Å². The normalized spacial score (nSPS) is 10.2. The Morgan fingerprint density at radius 3 is 2.74 bits per heavy atom. The van der Waals surface area contributed by atoms with E-state index in [0.717, 1.165) is 6.07 Å². The van der Waals surface area contributed by atoms with Gasteiger partial charge < -0.3 is 10.4 Å². The fourth-order valence-electron chi connectivity index (χ4n) is 1.41. The number of benzene rings is 1. The van der Waals surface area contributed by atoms with Gasteiger partial charge in [0, 0.05) is 4.47 Å². The highest BCUT2D eigenvalue weighted by Gasteiger charge is 2.19. The summed E-state index contributed by atoms with van der Waals surface area (Å²) in [5, 5.41) is 24.2. The lowest BCUT2D eigenvalue weighted by molar-refractivity contribution is -0.384. The Morgan fingerprint density at radius 1 is 1.42 bits per heavy atom. The molecule has 98 valence electrons. The van der Waals surface area contributed by atoms with Crippen LogP contribution >= 0.6 is 27.3 Å². The summed E-state index contributed by atoms with van der Waals surface area (Å²) >= 11 is 4.43. The van der Waals surface area contributed by atoms with Gasteiger partial charge >= 0.3 is 0 Å². The number of rotatable bonds is 3. The number of hydrogen-bond acceptors (Lipinski definition) is 5. The summed E-state index contributed by atoms with van der Waals surface area (Å²) in [5.41, 5.74) is -0.325. The Bertz CT molecular complexity index is 656. The van der Waals surface area contributed by atoms with Crippen molar-refractivity contribution in [3.8, 4) is 5.75 Å². The van der Waals surface area contributed by atoms with Gasteiger partial charge in [-0.2, -0.15) is 0 Å². The molecule has 8 heteroatoms. The molecule has 0 aliphatic heterocycles. The van der Waals surface area contributed by atoms with Gasteiger partial charge in [0.05, 0.1) is 11.0 Å². The van der Waals surface area contributed by atoms with E-state index in [0.29, 0.717) is 9.35 Å². The van der Waals surface area contributed by atoms with Crippen LogP contribution in [0.15, 0.2) is 34.1 Å². The lowest BCUT2D eigenvalue weighted by atomic mass is 10.2. The van der Waals surface area contributed by atoms with Crippen LogP contribution in [0.3, 0.4) is 0 Å². The van der Waals surface area contributed by atoms with E-state index >= 15 is 0 Å². The summed E-state index contributed by atoms with van der Waals surface area (Å²) in [5.74, 6) is -0.683. The standard InChI is InChI=1S/C11H7BrN2O4S/c12-7-3-4-19-10(7)11(16)13-8-2-1-6(15)5-9(8)14(17)18/h1-5,15H,(H,13,16). The average molecular weight is 343 g/mol. The summed E-state index contributed by atoms with van der Waals surface area (Å²) in [6.07, 6.45) is 0. The Labute approximate surface area is 120 Å². The molecule has 0 spiro atoms. The number of hydrogen-bond donors (Lipinski definition) is 2. The predicted molar refractivity (Wildman–Crippen MR) is 74.7 cm³/mol. The molecule has 0 saturated carbocycles. The third-order valence-electron chi connectivity index (χ3n) is 2.25. The van der Waals surface area contributed by atoms with Crippen molar-refractivity contribution in [1.29, 1.82) is 0 Å². The average Bonchev–Trinajstić information content (AvgIpc) is 2.77. The molecule has 0 radical (unpaired) electrons. The second-order valence-electron chi connectivity index (χ2n) is 3.51. The SMILES string of the molecule is O=C(Nc1ccc(O)cc1[N+](=O)[O-])c1sccc1Br. The van der Waals surface area contributed by atoms with Crippen LogP contribution in [-0.2, 0) is 0 Å². The van der Waals surface area contributed by atoms with Crippen LogP contribution in [0.2, 0.25) is 0 Å². The number of aromatic hydroxyl groups is 1. The molecule has 0 fully saturated rings. The van der Waals surface area contributed by atoms with Gasteiger partial charge in [-0.25, -0.2) is 0 Å². The molecule has 0 unspecified atom stereocenters. The number of phenols is 1. The zero-order valence-electron chi connectivity index (χ0n) is 9.29. The van der Waals surface area contributed by atoms with Crippen LogP contribution in [0.4, 0.5) is 11.4 Å². The molecule has 2 rings (SSSR count). The second kappa shape index (κ2) is 5.37. The molecule has 2 aromatic rings. The van der Waals surface area contributed by atoms with Crippen molar-refractivity contribution in [2.45, 2.75) is 0 Å². The summed E-state index contributed by atoms with van der Waals surface area (Å²) in [7, 11) is 0. The summed E-state index contributed by atoms with van der Waals surface area (Å²) in [6, 6.07) is 5.25. The number of carbonyl (C=O) groups is 1. The van der Waals surface area contributed by atoms with E-state index in [2.05, 4.69) is 21.2 Å². The fourth-order valence-corrected chi connectivity index (χ4v) is 2.86. The Hall–Kier alpha value is -1.93. The molecule has 1 heterocycles. The molecular formula is C11H7BrN2O4S. The molecule has 6 nitrogen and oxygen atoms in total. The Morgan fingerprint density at radius 2 is 2.16 bits per heavy atom. The summed E-state index contributed by atoms with van der Waals surface area (Å²) in [4.78, 5) is 22.5. The van der Waals surface area contributed by atoms with Crippen molar-refractivity contribution in [2.24, 2.45) is 0 Å². The fraction of sp³-hybridized carbons (Fsp3) is 0. The minimum atomic E-state index is -0.668. The lowest BCUT2D eigenvalue weighted by Crippen LogP contribution is -2.12. The first-order valence-electron chi connectivity index (χ1n) is 5.01. The Balaban J connectivity index is 2.32. The van der Waals surface area contributed by atoms with Gasteiger partial charge in [-0.15, -0.1) is 11.3 Å². The van der Waals surface area contributed by atoms with E-state index in [9.17, 15) is 20.0 Å². The molecule has 1 aromatic carbocycles. The maximum atomic E-state index is 11.9. The molecule has 0 saturated heterocycles. The molecule has 0 bridgehead atoms. The first-order chi connectivity index (χ1) is 8.99. The Kier molecular flexibility index (Phi) is 3.82. The molecule has 0 aliphatic carbocycles. The third kappa shape index (κ3) is 2.91. The number of thiophene rings is 1. The highest BCUT2D eigenvalue weighted by atomic mass is 79.9. The van der Waals surface area contributed by atoms with Gasteiger partial charge in [-0.3, -0.25) is 14.9 Å². The molecule has 2 N–H and O–H groups in total. The number of anilines is 1. The number of nitrogens with one attached hydrogen (secondary N) is 1. The van der Waals surface area contributed by atoms with E-state index in [1.807, 2.05) is 0 Å². The zero-order chi connectivity index (χ0) is 14.0. The highest BCUT2D eigenvalue weighted by Crippen LogP contribution is 2.30. The van der Waals surface area contributed by atoms with Gasteiger partial charge in [0.2, 0.25) is 0 Å². The molecule has 1 aromatic heterocycles. The van der Waals surface area contributed by atoms with E-state index in [1.165, 1.54) is 23.5 Å². The van der Waals surface area contributed by atoms with Crippen molar-refractivity contribution in [3.05, 3.63) is 49.1 Å². The van der Waals surface area contributed by atoms with E-state index in [-0.39, 0.29) is 17.1 Å². The number of carbonyl (C=O) groups excluding carboxylic acids is 1. The van der Waals surface area contributed by atoms with Crippen molar-refractivity contribution >= 4 is 44.5 Å². The maximum absolute atomic E-state index is 11.9. The third-order valence-corrected chi connectivity index (χ3v) is 4.09. The van der Waals surface area contributed by atoms with Crippen molar-refractivity contribution in [2.75, 3.05) is 5.32 Å². The first kappa shape index (κ1) is 13.5. The number of amides is 1. The van der Waals surface area contributed by atoms with Crippen LogP contribution in [0, 0.1) is 10.1 Å². The number of nitrogens with zero attached hydrogens (tertiary/aromatic N) is 1. The van der Waals surface area contributed by atoms with Gasteiger partial charge in [0.15, 0.2) is 0 Å². The number of nitro benzene ring substituents is 1. The van der Waals surface area contributed by atoms with Gasteiger partial charge in [-0.1, -0.05) is 0 Å². The first-order valence-corrected chi connectivity index (χ1v) is 6.68. The van der Waals surface area contributed by atoms with Crippen molar-refractivity contribution < 1.29 is 14.8 Å². The quantitative estimate of drug-likeness (QED) is 0.508. The van der Waals surface area contributed by atoms with Gasteiger partial charge in [-0.05, 0) is 39.5 Å². The van der Waals surface area contributed by atoms with Crippen molar-refractivity contribution in [3.63, 3.8) is 0 Å². The van der Waals surface area contributed by atoms with E-state index in [4.69, 9.17) is 0 Å². The summed E-state index contributed by atoms with van der Waals surface area (Å²) in [6.45, 7) is 0. The minimum absolute atomic E-state index is 0.0353. The molecular weight excluding hydrogens is 336 g/mol. The number of phenolic OH excluding ortho intramolecular Hbond substituents is 1. The summed E-state index contributed by atoms with van der Waals surface area (Å²) < 4.78 is 0.622. The number of nitro groups is 1. The van der Waals surface area contributed by atoms with E-state index < -0.39 is 10.8 Å².